The van der Waals surface area contributed by atoms with Crippen LogP contribution in [0, 0.1) is 50.4 Å². The van der Waals surface area contributed by atoms with Gasteiger partial charge in [0.25, 0.3) is 0 Å². The van der Waals surface area contributed by atoms with Crippen LogP contribution in [0.1, 0.15) is 87.1 Å². The van der Waals surface area contributed by atoms with Crippen LogP contribution in [-0.2, 0) is 12.8 Å². The van der Waals surface area contributed by atoms with Gasteiger partial charge in [0.05, 0.1) is 0 Å². The molecular weight excluding hydrogens is 396 g/mol. The maximum absolute atomic E-state index is 4.55. The average molecular weight is 445 g/mol. The lowest BCUT2D eigenvalue weighted by molar-refractivity contribution is 0.104. The van der Waals surface area contributed by atoms with E-state index in [0.717, 1.165) is 42.4 Å². The molecule has 1 unspecified atom stereocenters. The van der Waals surface area contributed by atoms with Crippen LogP contribution in [-0.4, -0.2) is 0 Å². The fourth-order valence-corrected chi connectivity index (χ4v) is 5.93. The van der Waals surface area contributed by atoms with Crippen LogP contribution in [0.3, 0.4) is 0 Å². The summed E-state index contributed by atoms with van der Waals surface area (Å²) in [6.07, 6.45) is 10.1. The third kappa shape index (κ3) is 7.59. The first-order valence-electron chi connectivity index (χ1n) is 13.5. The summed E-state index contributed by atoms with van der Waals surface area (Å²) in [5.74, 6) is 4.22. The fraction of sp³-hybridized carbons (Fsp3) is 0.576. The highest BCUT2D eigenvalue weighted by Gasteiger charge is 2.33. The van der Waals surface area contributed by atoms with Crippen LogP contribution in [0.15, 0.2) is 54.6 Å². The van der Waals surface area contributed by atoms with Gasteiger partial charge in [-0.05, 0) is 118 Å². The molecule has 2 aromatic carbocycles. The number of hydrogen-bond donors (Lipinski definition) is 0. The minimum Gasteiger partial charge on any atom is -0.0998 e. The molecule has 0 N–H and O–H groups in total. The molecule has 1 aliphatic carbocycles. The Labute approximate surface area is 204 Å². The lowest BCUT2D eigenvalue weighted by atomic mass is 9.66. The fourth-order valence-electron chi connectivity index (χ4n) is 5.93. The molecule has 2 aromatic rings. The minimum absolute atomic E-state index is 0.755. The highest BCUT2D eigenvalue weighted by atomic mass is 14.4. The lowest BCUT2D eigenvalue weighted by Gasteiger charge is -2.40. The normalized spacial score (nSPS) is 23.9. The molecule has 0 aliphatic heterocycles. The third-order valence-corrected chi connectivity index (χ3v) is 8.98. The molecule has 0 radical (unpaired) electrons. The summed E-state index contributed by atoms with van der Waals surface area (Å²) >= 11 is 0. The maximum atomic E-state index is 4.55. The SMILES string of the molecule is C=C(CCc1ccc(C)cc1)CC(CCc1ccc(C)c(C)c1)C[C@@H]1CC[C@@H](C)[C@H](C)[C@H]1C. The number of allylic oxidation sites excluding steroid dienone is 1. The molecule has 0 heterocycles. The molecular formula is C33H48. The van der Waals surface area contributed by atoms with Gasteiger partial charge in [0.2, 0.25) is 0 Å². The predicted octanol–water partition coefficient (Wildman–Crippen LogP) is 9.45. The zero-order valence-corrected chi connectivity index (χ0v) is 22.3. The van der Waals surface area contributed by atoms with Crippen molar-refractivity contribution in [3.05, 3.63) is 82.4 Å². The van der Waals surface area contributed by atoms with Crippen LogP contribution in [0.25, 0.3) is 0 Å². The second-order valence-corrected chi connectivity index (χ2v) is 11.5. The summed E-state index contributed by atoms with van der Waals surface area (Å²) in [7, 11) is 0. The summed E-state index contributed by atoms with van der Waals surface area (Å²) < 4.78 is 0. The van der Waals surface area contributed by atoms with Crippen LogP contribution < -0.4 is 0 Å². The molecule has 1 fully saturated rings. The number of hydrogen-bond acceptors (Lipinski definition) is 0. The lowest BCUT2D eigenvalue weighted by Crippen LogP contribution is -2.31. The standard InChI is InChI=1S/C33H48/c1-23-8-13-30(14-9-23)15-10-24(2)20-32(18-17-31-16-11-25(3)27(5)21-31)22-33-19-12-26(4)28(6)29(33)7/h8-9,11,13-14,16,21,26,28-29,32-33H,2,10,12,15,17-20,22H2,1,3-7H3/t26-,28+,29-,32?,33+/m1/s1. The molecule has 3 rings (SSSR count). The molecule has 0 amide bonds. The molecule has 0 nitrogen and oxygen atoms in total. The Bertz CT molecular complexity index is 887. The molecule has 0 heteroatoms. The Morgan fingerprint density at radius 1 is 0.848 bits per heavy atom. The van der Waals surface area contributed by atoms with Crippen molar-refractivity contribution < 1.29 is 0 Å². The van der Waals surface area contributed by atoms with E-state index in [1.165, 1.54) is 71.9 Å². The summed E-state index contributed by atoms with van der Waals surface area (Å²) in [5.41, 5.74) is 8.57. The van der Waals surface area contributed by atoms with E-state index in [1.807, 2.05) is 0 Å². The van der Waals surface area contributed by atoms with Crippen molar-refractivity contribution in [3.63, 3.8) is 0 Å². The summed E-state index contributed by atoms with van der Waals surface area (Å²) in [4.78, 5) is 0. The van der Waals surface area contributed by atoms with Crippen LogP contribution in [0.5, 0.6) is 0 Å². The molecule has 1 saturated carbocycles. The van der Waals surface area contributed by atoms with E-state index < -0.39 is 0 Å². The zero-order chi connectivity index (χ0) is 24.0. The van der Waals surface area contributed by atoms with Gasteiger partial charge in [0.15, 0.2) is 0 Å². The Morgan fingerprint density at radius 2 is 1.55 bits per heavy atom. The quantitative estimate of drug-likeness (QED) is 0.320. The Hall–Kier alpha value is -1.82. The van der Waals surface area contributed by atoms with E-state index in [9.17, 15) is 0 Å². The second-order valence-electron chi connectivity index (χ2n) is 11.5. The van der Waals surface area contributed by atoms with Crippen LogP contribution in [0.2, 0.25) is 0 Å². The highest BCUT2D eigenvalue weighted by molar-refractivity contribution is 5.30. The Kier molecular flexibility index (Phi) is 9.42. The number of benzene rings is 2. The summed E-state index contributed by atoms with van der Waals surface area (Å²) in [6.45, 7) is 18.6. The second kappa shape index (κ2) is 12.0. The largest absolute Gasteiger partial charge is 0.0998 e. The van der Waals surface area contributed by atoms with Gasteiger partial charge in [-0.25, -0.2) is 0 Å². The maximum Gasteiger partial charge on any atom is -0.0242 e. The average Bonchev–Trinajstić information content (AvgIpc) is 2.79. The van der Waals surface area contributed by atoms with E-state index in [0.29, 0.717) is 0 Å². The van der Waals surface area contributed by atoms with Crippen molar-refractivity contribution in [1.29, 1.82) is 0 Å². The van der Waals surface area contributed by atoms with Crippen molar-refractivity contribution in [2.75, 3.05) is 0 Å². The first-order chi connectivity index (χ1) is 15.7. The predicted molar refractivity (Wildman–Crippen MR) is 146 cm³/mol. The minimum atomic E-state index is 0.755. The molecule has 0 bridgehead atoms. The number of rotatable bonds is 10. The first kappa shape index (κ1) is 25.8. The summed E-state index contributed by atoms with van der Waals surface area (Å²) in [5, 5.41) is 0. The molecule has 1 aliphatic rings. The van der Waals surface area contributed by atoms with Crippen molar-refractivity contribution in [2.24, 2.45) is 29.6 Å². The molecule has 33 heavy (non-hydrogen) atoms. The molecule has 180 valence electrons. The van der Waals surface area contributed by atoms with Gasteiger partial charge < -0.3 is 0 Å². The van der Waals surface area contributed by atoms with Gasteiger partial charge in [0, 0.05) is 0 Å². The molecule has 0 saturated heterocycles. The molecule has 0 aromatic heterocycles. The van der Waals surface area contributed by atoms with Crippen LogP contribution in [0.4, 0.5) is 0 Å². The first-order valence-corrected chi connectivity index (χ1v) is 13.5. The van der Waals surface area contributed by atoms with E-state index in [4.69, 9.17) is 0 Å². The van der Waals surface area contributed by atoms with Gasteiger partial charge >= 0.3 is 0 Å². The van der Waals surface area contributed by atoms with Crippen molar-refractivity contribution in [1.82, 2.24) is 0 Å². The topological polar surface area (TPSA) is 0 Å². The van der Waals surface area contributed by atoms with Gasteiger partial charge in [-0.1, -0.05) is 87.4 Å². The smallest absolute Gasteiger partial charge is 0.0242 e. The van der Waals surface area contributed by atoms with Gasteiger partial charge in [0.1, 0.15) is 0 Å². The van der Waals surface area contributed by atoms with E-state index >= 15 is 0 Å². The van der Waals surface area contributed by atoms with Crippen LogP contribution >= 0.6 is 0 Å². The monoisotopic (exact) mass is 444 g/mol. The van der Waals surface area contributed by atoms with Gasteiger partial charge in [-0.15, -0.1) is 0 Å². The van der Waals surface area contributed by atoms with Crippen molar-refractivity contribution in [3.8, 4) is 0 Å². The van der Waals surface area contributed by atoms with Crippen molar-refractivity contribution >= 4 is 0 Å². The zero-order valence-electron chi connectivity index (χ0n) is 22.3. The van der Waals surface area contributed by atoms with E-state index in [1.54, 1.807) is 0 Å². The van der Waals surface area contributed by atoms with Gasteiger partial charge in [-0.2, -0.15) is 0 Å². The number of aryl methyl sites for hydroxylation is 5. The molecule has 0 spiro atoms. The third-order valence-electron chi connectivity index (χ3n) is 8.98. The van der Waals surface area contributed by atoms with E-state index in [-0.39, 0.29) is 0 Å². The Morgan fingerprint density at radius 3 is 2.24 bits per heavy atom. The van der Waals surface area contributed by atoms with Crippen molar-refractivity contribution in [2.45, 2.75) is 92.9 Å². The van der Waals surface area contributed by atoms with E-state index in [2.05, 4.69) is 90.6 Å². The Balaban J connectivity index is 1.62. The van der Waals surface area contributed by atoms with Gasteiger partial charge in [-0.3, -0.25) is 0 Å². The highest BCUT2D eigenvalue weighted by Crippen LogP contribution is 2.42. The molecule has 5 atom stereocenters. The summed E-state index contributed by atoms with van der Waals surface area (Å²) in [6, 6.07) is 16.1.